The highest BCUT2D eigenvalue weighted by Crippen LogP contribution is 2.31. The van der Waals surface area contributed by atoms with E-state index in [0.717, 1.165) is 10.6 Å². The van der Waals surface area contributed by atoms with Gasteiger partial charge in [0.2, 0.25) is 5.75 Å². The highest BCUT2D eigenvalue weighted by atomic mass is 35.5. The minimum atomic E-state index is 0.0702. The maximum Gasteiger partial charge on any atom is 0.204 e. The fraction of sp³-hybridized carbons (Fsp3) is 0.286. The van der Waals surface area contributed by atoms with Gasteiger partial charge in [0.15, 0.2) is 11.6 Å². The molecular formula is C14H17ClN4O. The Hall–Kier alpha value is -2.01. The number of hydrogen-bond acceptors (Lipinski definition) is 5. The van der Waals surface area contributed by atoms with Crippen molar-refractivity contribution in [1.29, 1.82) is 0 Å². The molecule has 0 amide bonds. The Morgan fingerprint density at radius 1 is 1.15 bits per heavy atom. The number of anilines is 2. The maximum absolute atomic E-state index is 5.89. The molecule has 0 aliphatic heterocycles. The molecule has 1 heterocycles. The summed E-state index contributed by atoms with van der Waals surface area (Å²) in [7, 11) is 3.38. The first kappa shape index (κ1) is 14.4. The first-order valence-electron chi connectivity index (χ1n) is 6.24. The van der Waals surface area contributed by atoms with Crippen LogP contribution in [0.25, 0.3) is 0 Å². The molecule has 0 aliphatic rings. The van der Waals surface area contributed by atoms with E-state index >= 15 is 0 Å². The Kier molecular flexibility index (Phi) is 4.63. The molecule has 0 saturated heterocycles. The molecule has 0 aliphatic carbocycles. The van der Waals surface area contributed by atoms with Crippen molar-refractivity contribution in [3.05, 3.63) is 41.2 Å². The van der Waals surface area contributed by atoms with Gasteiger partial charge in [-0.25, -0.2) is 9.97 Å². The summed E-state index contributed by atoms with van der Waals surface area (Å²) in [5.41, 5.74) is 1.11. The number of benzene rings is 1. The lowest BCUT2D eigenvalue weighted by Crippen LogP contribution is -2.10. The van der Waals surface area contributed by atoms with Crippen molar-refractivity contribution in [3.63, 3.8) is 0 Å². The van der Waals surface area contributed by atoms with E-state index < -0.39 is 0 Å². The van der Waals surface area contributed by atoms with Crippen LogP contribution in [0.3, 0.4) is 0 Å². The smallest absolute Gasteiger partial charge is 0.204 e. The molecule has 6 heteroatoms. The number of ether oxygens (including phenoxy) is 1. The Balaban J connectivity index is 2.23. The van der Waals surface area contributed by atoms with Gasteiger partial charge in [-0.3, -0.25) is 0 Å². The maximum atomic E-state index is 5.89. The van der Waals surface area contributed by atoms with Crippen LogP contribution < -0.4 is 15.4 Å². The van der Waals surface area contributed by atoms with Gasteiger partial charge in [-0.15, -0.1) is 0 Å². The van der Waals surface area contributed by atoms with Crippen LogP contribution >= 0.6 is 11.6 Å². The second-order valence-corrected chi connectivity index (χ2v) is 4.71. The summed E-state index contributed by atoms with van der Waals surface area (Å²) in [6.07, 6.45) is 1.49. The van der Waals surface area contributed by atoms with Gasteiger partial charge in [-0.05, 0) is 24.6 Å². The van der Waals surface area contributed by atoms with Gasteiger partial charge >= 0.3 is 0 Å². The molecular weight excluding hydrogens is 276 g/mol. The second-order valence-electron chi connectivity index (χ2n) is 4.27. The summed E-state index contributed by atoms with van der Waals surface area (Å²) in [6, 6.07) is 7.76. The Labute approximate surface area is 123 Å². The van der Waals surface area contributed by atoms with E-state index in [9.17, 15) is 0 Å². The Bertz CT molecular complexity index is 574. The average molecular weight is 293 g/mol. The summed E-state index contributed by atoms with van der Waals surface area (Å²) in [4.78, 5) is 8.34. The van der Waals surface area contributed by atoms with Gasteiger partial charge < -0.3 is 15.4 Å². The highest BCUT2D eigenvalue weighted by Gasteiger charge is 2.14. The lowest BCUT2D eigenvalue weighted by Gasteiger charge is -2.18. The predicted octanol–water partition coefficient (Wildman–Crippen LogP) is 3.35. The number of nitrogens with one attached hydrogen (secondary N) is 2. The average Bonchev–Trinajstić information content (AvgIpc) is 2.47. The van der Waals surface area contributed by atoms with Gasteiger partial charge in [-0.1, -0.05) is 23.7 Å². The third kappa shape index (κ3) is 3.11. The van der Waals surface area contributed by atoms with Crippen LogP contribution in [0, 0.1) is 0 Å². The van der Waals surface area contributed by atoms with Crippen LogP contribution in [0.5, 0.6) is 5.75 Å². The fourth-order valence-electron chi connectivity index (χ4n) is 1.89. The molecule has 0 bridgehead atoms. The minimum absolute atomic E-state index is 0.0702. The normalized spacial score (nSPS) is 11.8. The third-order valence-electron chi connectivity index (χ3n) is 2.97. The zero-order valence-electron chi connectivity index (χ0n) is 11.6. The lowest BCUT2D eigenvalue weighted by molar-refractivity contribution is 0.414. The number of methoxy groups -OCH3 is 1. The highest BCUT2D eigenvalue weighted by molar-refractivity contribution is 6.30. The standard InChI is InChI=1S/C14H17ClN4O/c1-9(10-4-6-11(15)7-5-10)19-14-12(20-3)13(16-2)17-8-18-14/h4-9H,1-3H3,(H2,16,17,18,19). The molecule has 0 spiro atoms. The fourth-order valence-corrected chi connectivity index (χ4v) is 2.01. The molecule has 2 aromatic rings. The van der Waals surface area contributed by atoms with Crippen LogP contribution in [0.4, 0.5) is 11.6 Å². The van der Waals surface area contributed by atoms with Crippen molar-refractivity contribution >= 4 is 23.2 Å². The molecule has 5 nitrogen and oxygen atoms in total. The summed E-state index contributed by atoms with van der Waals surface area (Å²) in [6.45, 7) is 2.05. The number of hydrogen-bond donors (Lipinski definition) is 2. The zero-order chi connectivity index (χ0) is 14.5. The first-order valence-corrected chi connectivity index (χ1v) is 6.62. The molecule has 1 aromatic heterocycles. The quantitative estimate of drug-likeness (QED) is 0.885. The van der Waals surface area contributed by atoms with E-state index in [-0.39, 0.29) is 6.04 Å². The van der Waals surface area contributed by atoms with Gasteiger partial charge in [-0.2, -0.15) is 0 Å². The summed E-state index contributed by atoms with van der Waals surface area (Å²) < 4.78 is 5.35. The molecule has 0 fully saturated rings. The third-order valence-corrected chi connectivity index (χ3v) is 3.22. The second kappa shape index (κ2) is 6.43. The number of halogens is 1. The van der Waals surface area contributed by atoms with Gasteiger partial charge in [0.25, 0.3) is 0 Å². The molecule has 1 atom stereocenters. The van der Waals surface area contributed by atoms with Crippen LogP contribution in [0.1, 0.15) is 18.5 Å². The SMILES string of the molecule is CNc1ncnc(NC(C)c2ccc(Cl)cc2)c1OC. The van der Waals surface area contributed by atoms with E-state index in [1.807, 2.05) is 31.2 Å². The summed E-state index contributed by atoms with van der Waals surface area (Å²) >= 11 is 5.89. The predicted molar refractivity (Wildman–Crippen MR) is 81.6 cm³/mol. The first-order chi connectivity index (χ1) is 9.65. The van der Waals surface area contributed by atoms with Crippen LogP contribution in [-0.2, 0) is 0 Å². The number of nitrogens with zero attached hydrogens (tertiary/aromatic N) is 2. The Morgan fingerprint density at radius 3 is 2.40 bits per heavy atom. The van der Waals surface area contributed by atoms with E-state index in [2.05, 4.69) is 20.6 Å². The topological polar surface area (TPSA) is 59.1 Å². The number of rotatable bonds is 5. The van der Waals surface area contributed by atoms with E-state index in [0.29, 0.717) is 17.4 Å². The van der Waals surface area contributed by atoms with Crippen LogP contribution in [-0.4, -0.2) is 24.1 Å². The van der Waals surface area contributed by atoms with Crippen molar-refractivity contribution in [2.75, 3.05) is 24.8 Å². The molecule has 20 heavy (non-hydrogen) atoms. The van der Waals surface area contributed by atoms with Gasteiger partial charge in [0, 0.05) is 12.1 Å². The number of aromatic nitrogens is 2. The largest absolute Gasteiger partial charge is 0.490 e. The summed E-state index contributed by atoms with van der Waals surface area (Å²) in [5.74, 6) is 1.89. The van der Waals surface area contributed by atoms with E-state index in [1.165, 1.54) is 6.33 Å². The molecule has 1 aromatic carbocycles. The van der Waals surface area contributed by atoms with Crippen molar-refractivity contribution in [1.82, 2.24) is 9.97 Å². The minimum Gasteiger partial charge on any atom is -0.490 e. The lowest BCUT2D eigenvalue weighted by atomic mass is 10.1. The van der Waals surface area contributed by atoms with E-state index in [4.69, 9.17) is 16.3 Å². The molecule has 1 unspecified atom stereocenters. The molecule has 0 saturated carbocycles. The molecule has 106 valence electrons. The molecule has 0 radical (unpaired) electrons. The van der Waals surface area contributed by atoms with Crippen molar-refractivity contribution in [2.45, 2.75) is 13.0 Å². The van der Waals surface area contributed by atoms with Crippen LogP contribution in [0.2, 0.25) is 5.02 Å². The summed E-state index contributed by atoms with van der Waals surface area (Å²) in [5, 5.41) is 7.01. The van der Waals surface area contributed by atoms with Crippen molar-refractivity contribution < 1.29 is 4.74 Å². The van der Waals surface area contributed by atoms with Crippen molar-refractivity contribution in [2.24, 2.45) is 0 Å². The van der Waals surface area contributed by atoms with Crippen molar-refractivity contribution in [3.8, 4) is 5.75 Å². The molecule has 2 rings (SSSR count). The van der Waals surface area contributed by atoms with Crippen LogP contribution in [0.15, 0.2) is 30.6 Å². The van der Waals surface area contributed by atoms with E-state index in [1.54, 1.807) is 14.2 Å². The van der Waals surface area contributed by atoms with Gasteiger partial charge in [0.1, 0.15) is 6.33 Å². The molecule has 2 N–H and O–H groups in total. The monoisotopic (exact) mass is 292 g/mol. The van der Waals surface area contributed by atoms with Gasteiger partial charge in [0.05, 0.1) is 13.2 Å². The zero-order valence-corrected chi connectivity index (χ0v) is 12.4. The Morgan fingerprint density at radius 2 is 1.80 bits per heavy atom.